The van der Waals surface area contributed by atoms with Gasteiger partial charge in [-0.25, -0.2) is 9.78 Å². The molecular weight excluding hydrogens is 328 g/mol. The van der Waals surface area contributed by atoms with Gasteiger partial charge in [0.25, 0.3) is 0 Å². The lowest BCUT2D eigenvalue weighted by Gasteiger charge is -2.27. The van der Waals surface area contributed by atoms with Gasteiger partial charge in [0.15, 0.2) is 0 Å². The summed E-state index contributed by atoms with van der Waals surface area (Å²) in [5, 5.41) is 11.8. The average Bonchev–Trinajstić information content (AvgIpc) is 2.84. The minimum Gasteiger partial charge on any atom is -0.478 e. The second kappa shape index (κ2) is 7.36. The SMILES string of the molecule is CCCCOc1ccc(-c2ccc3c(c2)CC(C)(C)C3NC(=O)O)cn1. The van der Waals surface area contributed by atoms with Gasteiger partial charge in [-0.15, -0.1) is 0 Å². The number of ether oxygens (including phenoxy) is 1. The predicted molar refractivity (Wildman–Crippen MR) is 101 cm³/mol. The number of benzene rings is 1. The molecule has 138 valence electrons. The molecule has 1 aromatic carbocycles. The normalized spacial score (nSPS) is 17.6. The van der Waals surface area contributed by atoms with Crippen LogP contribution in [-0.4, -0.2) is 22.8 Å². The molecule has 1 amide bonds. The van der Waals surface area contributed by atoms with Crippen molar-refractivity contribution in [2.24, 2.45) is 5.41 Å². The van der Waals surface area contributed by atoms with E-state index in [0.29, 0.717) is 12.5 Å². The molecule has 0 radical (unpaired) electrons. The van der Waals surface area contributed by atoms with Gasteiger partial charge in [-0.3, -0.25) is 0 Å². The first-order chi connectivity index (χ1) is 12.4. The van der Waals surface area contributed by atoms with E-state index < -0.39 is 6.09 Å². The molecule has 1 atom stereocenters. The highest BCUT2D eigenvalue weighted by Gasteiger charge is 2.39. The molecule has 1 aliphatic carbocycles. The van der Waals surface area contributed by atoms with E-state index in [0.717, 1.165) is 36.0 Å². The van der Waals surface area contributed by atoms with Gasteiger partial charge < -0.3 is 15.2 Å². The zero-order valence-corrected chi connectivity index (χ0v) is 15.6. The van der Waals surface area contributed by atoms with E-state index in [1.807, 2.05) is 30.5 Å². The summed E-state index contributed by atoms with van der Waals surface area (Å²) in [6, 6.07) is 9.95. The van der Waals surface area contributed by atoms with Crippen LogP contribution in [0.3, 0.4) is 0 Å². The van der Waals surface area contributed by atoms with Crippen molar-refractivity contribution in [3.63, 3.8) is 0 Å². The standard InChI is InChI=1S/C21H26N2O3/c1-4-5-10-26-18-9-7-15(13-22-18)14-6-8-17-16(11-14)12-21(2,3)19(17)23-20(24)25/h6-9,11,13,19,23H,4-5,10,12H2,1-3H3,(H,24,25). The van der Waals surface area contributed by atoms with Crippen LogP contribution in [0.4, 0.5) is 4.79 Å². The van der Waals surface area contributed by atoms with Gasteiger partial charge in [-0.2, -0.15) is 0 Å². The molecule has 1 heterocycles. The van der Waals surface area contributed by atoms with Crippen molar-refractivity contribution in [3.8, 4) is 17.0 Å². The van der Waals surface area contributed by atoms with Crippen LogP contribution < -0.4 is 10.1 Å². The molecule has 0 bridgehead atoms. The first-order valence-electron chi connectivity index (χ1n) is 9.12. The third-order valence-corrected chi connectivity index (χ3v) is 4.97. The fourth-order valence-corrected chi connectivity index (χ4v) is 3.59. The number of amides is 1. The van der Waals surface area contributed by atoms with E-state index in [2.05, 4.69) is 37.1 Å². The van der Waals surface area contributed by atoms with Crippen LogP contribution in [0.2, 0.25) is 0 Å². The fraction of sp³-hybridized carbons (Fsp3) is 0.429. The van der Waals surface area contributed by atoms with Gasteiger partial charge in [0.1, 0.15) is 0 Å². The number of fused-ring (bicyclic) bond motifs is 1. The lowest BCUT2D eigenvalue weighted by atomic mass is 9.85. The second-order valence-corrected chi connectivity index (χ2v) is 7.55. The summed E-state index contributed by atoms with van der Waals surface area (Å²) in [5.74, 6) is 0.648. The summed E-state index contributed by atoms with van der Waals surface area (Å²) in [5.41, 5.74) is 4.23. The average molecular weight is 354 g/mol. The molecule has 0 aliphatic heterocycles. The first-order valence-corrected chi connectivity index (χ1v) is 9.12. The van der Waals surface area contributed by atoms with Crippen LogP contribution in [0.15, 0.2) is 36.5 Å². The number of rotatable bonds is 6. The van der Waals surface area contributed by atoms with Crippen molar-refractivity contribution in [3.05, 3.63) is 47.7 Å². The molecule has 0 fully saturated rings. The number of pyridine rings is 1. The van der Waals surface area contributed by atoms with Gasteiger partial charge in [0.05, 0.1) is 12.6 Å². The highest BCUT2D eigenvalue weighted by atomic mass is 16.5. The van der Waals surface area contributed by atoms with Crippen molar-refractivity contribution in [1.82, 2.24) is 10.3 Å². The van der Waals surface area contributed by atoms with E-state index >= 15 is 0 Å². The molecule has 0 saturated carbocycles. The lowest BCUT2D eigenvalue weighted by Crippen LogP contribution is -2.34. The Morgan fingerprint density at radius 1 is 1.31 bits per heavy atom. The van der Waals surface area contributed by atoms with Crippen molar-refractivity contribution >= 4 is 6.09 Å². The van der Waals surface area contributed by atoms with E-state index in [1.165, 1.54) is 5.56 Å². The van der Waals surface area contributed by atoms with Crippen molar-refractivity contribution in [2.45, 2.75) is 46.1 Å². The minimum atomic E-state index is -0.983. The fourth-order valence-electron chi connectivity index (χ4n) is 3.59. The van der Waals surface area contributed by atoms with Gasteiger partial charge in [-0.05, 0) is 41.0 Å². The molecule has 3 rings (SSSR count). The smallest absolute Gasteiger partial charge is 0.405 e. The number of hydrogen-bond acceptors (Lipinski definition) is 3. The number of nitrogens with zero attached hydrogens (tertiary/aromatic N) is 1. The zero-order valence-electron chi connectivity index (χ0n) is 15.6. The highest BCUT2D eigenvalue weighted by Crippen LogP contribution is 2.46. The number of nitrogens with one attached hydrogen (secondary N) is 1. The molecule has 1 aliphatic rings. The number of carboxylic acid groups (broad SMARTS) is 1. The minimum absolute atomic E-state index is 0.144. The summed E-state index contributed by atoms with van der Waals surface area (Å²) in [7, 11) is 0. The Bertz CT molecular complexity index is 784. The molecule has 5 heteroatoms. The van der Waals surface area contributed by atoms with Crippen LogP contribution in [-0.2, 0) is 6.42 Å². The van der Waals surface area contributed by atoms with Gasteiger partial charge in [-0.1, -0.05) is 45.4 Å². The Kier molecular flexibility index (Phi) is 5.16. The van der Waals surface area contributed by atoms with E-state index in [4.69, 9.17) is 9.84 Å². The van der Waals surface area contributed by atoms with Crippen LogP contribution in [0, 0.1) is 5.41 Å². The number of hydrogen-bond donors (Lipinski definition) is 2. The maximum atomic E-state index is 11.1. The zero-order chi connectivity index (χ0) is 18.7. The van der Waals surface area contributed by atoms with Crippen molar-refractivity contribution in [1.29, 1.82) is 0 Å². The van der Waals surface area contributed by atoms with Gasteiger partial charge >= 0.3 is 6.09 Å². The Balaban J connectivity index is 1.80. The topological polar surface area (TPSA) is 71.5 Å². The molecule has 26 heavy (non-hydrogen) atoms. The summed E-state index contributed by atoms with van der Waals surface area (Å²) in [6.07, 6.45) is 3.81. The summed E-state index contributed by atoms with van der Waals surface area (Å²) in [6.45, 7) is 7.01. The predicted octanol–water partition coefficient (Wildman–Crippen LogP) is 4.82. The monoisotopic (exact) mass is 354 g/mol. The lowest BCUT2D eigenvalue weighted by molar-refractivity contribution is 0.175. The number of unbranched alkanes of at least 4 members (excludes halogenated alkanes) is 1. The van der Waals surface area contributed by atoms with Crippen LogP contribution in [0.5, 0.6) is 5.88 Å². The van der Waals surface area contributed by atoms with Crippen molar-refractivity contribution < 1.29 is 14.6 Å². The Morgan fingerprint density at radius 2 is 2.08 bits per heavy atom. The van der Waals surface area contributed by atoms with Crippen molar-refractivity contribution in [2.75, 3.05) is 6.61 Å². The molecule has 2 aromatic rings. The van der Waals surface area contributed by atoms with E-state index in [-0.39, 0.29) is 11.5 Å². The first kappa shape index (κ1) is 18.2. The summed E-state index contributed by atoms with van der Waals surface area (Å²) >= 11 is 0. The molecule has 0 saturated heterocycles. The second-order valence-electron chi connectivity index (χ2n) is 7.55. The van der Waals surface area contributed by atoms with Crippen LogP contribution in [0.1, 0.15) is 50.8 Å². The maximum absolute atomic E-state index is 11.1. The number of carbonyl (C=O) groups is 1. The largest absolute Gasteiger partial charge is 0.478 e. The third-order valence-electron chi connectivity index (χ3n) is 4.97. The quantitative estimate of drug-likeness (QED) is 0.730. The molecule has 2 N–H and O–H groups in total. The van der Waals surface area contributed by atoms with Gasteiger partial charge in [0, 0.05) is 17.8 Å². The Hall–Kier alpha value is -2.56. The molecular formula is C21H26N2O3. The molecule has 0 spiro atoms. The molecule has 1 aromatic heterocycles. The van der Waals surface area contributed by atoms with E-state index in [1.54, 1.807) is 0 Å². The summed E-state index contributed by atoms with van der Waals surface area (Å²) < 4.78 is 5.61. The highest BCUT2D eigenvalue weighted by molar-refractivity contribution is 5.68. The Labute approximate surface area is 154 Å². The number of aromatic nitrogens is 1. The van der Waals surface area contributed by atoms with E-state index in [9.17, 15) is 4.79 Å². The van der Waals surface area contributed by atoms with Crippen LogP contribution >= 0.6 is 0 Å². The summed E-state index contributed by atoms with van der Waals surface area (Å²) in [4.78, 5) is 15.5. The molecule has 1 unspecified atom stereocenters. The maximum Gasteiger partial charge on any atom is 0.405 e. The van der Waals surface area contributed by atoms with Crippen LogP contribution in [0.25, 0.3) is 11.1 Å². The Morgan fingerprint density at radius 3 is 2.73 bits per heavy atom. The molecule has 5 nitrogen and oxygen atoms in total. The third kappa shape index (κ3) is 3.82. The van der Waals surface area contributed by atoms with Gasteiger partial charge in [0.2, 0.25) is 5.88 Å².